The average Bonchev–Trinajstić information content (AvgIpc) is 2.67. The molecule has 6 heteroatoms. The van der Waals surface area contributed by atoms with Crippen LogP contribution in [0, 0.1) is 30.9 Å². The molecule has 0 bridgehead atoms. The fourth-order valence-electron chi connectivity index (χ4n) is 1.95. The standard InChI is InChI=1S/C13H13N3O3/c1-8-6-11(4-5-12(8)16(18)19)13(17)15-10(3)7-9(2)14-15/h4-7H,1-3H3. The first-order chi connectivity index (χ1) is 8.90. The zero-order chi connectivity index (χ0) is 14.2. The highest BCUT2D eigenvalue weighted by Gasteiger charge is 2.16. The Morgan fingerprint density at radius 3 is 2.42 bits per heavy atom. The maximum Gasteiger partial charge on any atom is 0.278 e. The van der Waals surface area contributed by atoms with Crippen LogP contribution in [-0.4, -0.2) is 20.6 Å². The summed E-state index contributed by atoms with van der Waals surface area (Å²) in [5, 5.41) is 14.8. The van der Waals surface area contributed by atoms with Gasteiger partial charge in [-0.15, -0.1) is 0 Å². The highest BCUT2D eigenvalue weighted by atomic mass is 16.6. The molecule has 0 saturated heterocycles. The number of nitrogens with zero attached hydrogens (tertiary/aromatic N) is 3. The third-order valence-corrected chi connectivity index (χ3v) is 2.84. The van der Waals surface area contributed by atoms with Gasteiger partial charge in [-0.25, -0.2) is 4.68 Å². The Morgan fingerprint density at radius 1 is 1.26 bits per heavy atom. The van der Waals surface area contributed by atoms with E-state index in [2.05, 4.69) is 5.10 Å². The van der Waals surface area contributed by atoms with Crippen molar-refractivity contribution in [3.8, 4) is 0 Å². The second kappa shape index (κ2) is 4.64. The number of carbonyl (C=O) groups excluding carboxylic acids is 1. The summed E-state index contributed by atoms with van der Waals surface area (Å²) in [5.41, 5.74) is 2.33. The Hall–Kier alpha value is -2.50. The lowest BCUT2D eigenvalue weighted by molar-refractivity contribution is -0.385. The molecule has 6 nitrogen and oxygen atoms in total. The molecule has 2 rings (SSSR count). The van der Waals surface area contributed by atoms with Crippen LogP contribution in [0.4, 0.5) is 5.69 Å². The SMILES string of the molecule is Cc1cc(C)n(C(=O)c2ccc([N+](=O)[O-])c(C)c2)n1. The third-order valence-electron chi connectivity index (χ3n) is 2.84. The van der Waals surface area contributed by atoms with Crippen molar-refractivity contribution < 1.29 is 9.72 Å². The van der Waals surface area contributed by atoms with Gasteiger partial charge < -0.3 is 0 Å². The maximum absolute atomic E-state index is 12.2. The highest BCUT2D eigenvalue weighted by Crippen LogP contribution is 2.19. The van der Waals surface area contributed by atoms with Gasteiger partial charge in [-0.2, -0.15) is 5.10 Å². The third kappa shape index (κ3) is 2.37. The van der Waals surface area contributed by atoms with Crippen LogP contribution in [-0.2, 0) is 0 Å². The number of benzene rings is 1. The van der Waals surface area contributed by atoms with Gasteiger partial charge in [-0.05, 0) is 39.0 Å². The molecule has 0 aliphatic heterocycles. The summed E-state index contributed by atoms with van der Waals surface area (Å²) in [6, 6.07) is 6.10. The average molecular weight is 259 g/mol. The van der Waals surface area contributed by atoms with Gasteiger partial charge >= 0.3 is 0 Å². The van der Waals surface area contributed by atoms with Crippen LogP contribution in [0.15, 0.2) is 24.3 Å². The largest absolute Gasteiger partial charge is 0.278 e. The first kappa shape index (κ1) is 12.9. The molecule has 2 aromatic rings. The highest BCUT2D eigenvalue weighted by molar-refractivity contribution is 5.96. The molecular weight excluding hydrogens is 246 g/mol. The molecule has 1 heterocycles. The van der Waals surface area contributed by atoms with E-state index in [1.807, 2.05) is 0 Å². The van der Waals surface area contributed by atoms with Gasteiger partial charge in [0, 0.05) is 22.9 Å². The Labute approximate surface area is 109 Å². The Bertz CT molecular complexity index is 674. The number of aromatic nitrogens is 2. The van der Waals surface area contributed by atoms with Gasteiger partial charge in [0.1, 0.15) is 0 Å². The van der Waals surface area contributed by atoms with Gasteiger partial charge in [0.25, 0.3) is 11.6 Å². The van der Waals surface area contributed by atoms with E-state index in [9.17, 15) is 14.9 Å². The Balaban J connectivity index is 2.43. The monoisotopic (exact) mass is 259 g/mol. The topological polar surface area (TPSA) is 78.0 Å². The van der Waals surface area contributed by atoms with E-state index >= 15 is 0 Å². The summed E-state index contributed by atoms with van der Waals surface area (Å²) >= 11 is 0. The molecule has 0 N–H and O–H groups in total. The second-order valence-electron chi connectivity index (χ2n) is 4.40. The quantitative estimate of drug-likeness (QED) is 0.612. The predicted molar refractivity (Wildman–Crippen MR) is 69.3 cm³/mol. The van der Waals surface area contributed by atoms with Crippen molar-refractivity contribution in [1.29, 1.82) is 0 Å². The fraction of sp³-hybridized carbons (Fsp3) is 0.231. The van der Waals surface area contributed by atoms with Crippen LogP contribution >= 0.6 is 0 Å². The van der Waals surface area contributed by atoms with Crippen LogP contribution in [0.25, 0.3) is 0 Å². The van der Waals surface area contributed by atoms with E-state index in [0.29, 0.717) is 11.1 Å². The summed E-state index contributed by atoms with van der Waals surface area (Å²) < 4.78 is 1.30. The molecular formula is C13H13N3O3. The summed E-state index contributed by atoms with van der Waals surface area (Å²) in [6.45, 7) is 5.20. The normalized spacial score (nSPS) is 10.5. The maximum atomic E-state index is 12.2. The minimum absolute atomic E-state index is 0.00455. The predicted octanol–water partition coefficient (Wildman–Crippen LogP) is 2.41. The van der Waals surface area contributed by atoms with Gasteiger partial charge in [0.2, 0.25) is 0 Å². The zero-order valence-corrected chi connectivity index (χ0v) is 10.9. The Kier molecular flexibility index (Phi) is 3.16. The summed E-state index contributed by atoms with van der Waals surface area (Å²) in [6.07, 6.45) is 0. The molecule has 0 aliphatic carbocycles. The number of hydrogen-bond donors (Lipinski definition) is 0. The van der Waals surface area contributed by atoms with Gasteiger partial charge in [0.05, 0.1) is 10.6 Å². The van der Waals surface area contributed by atoms with Crippen molar-refractivity contribution >= 4 is 11.6 Å². The molecule has 0 unspecified atom stereocenters. The lowest BCUT2D eigenvalue weighted by Gasteiger charge is -2.04. The van der Waals surface area contributed by atoms with Crippen molar-refractivity contribution in [3.63, 3.8) is 0 Å². The van der Waals surface area contributed by atoms with Crippen molar-refractivity contribution in [2.75, 3.05) is 0 Å². The van der Waals surface area contributed by atoms with Crippen LogP contribution in [0.2, 0.25) is 0 Å². The second-order valence-corrected chi connectivity index (χ2v) is 4.40. The number of nitro groups is 1. The number of hydrogen-bond acceptors (Lipinski definition) is 4. The van der Waals surface area contributed by atoms with Gasteiger partial charge in [0.15, 0.2) is 0 Å². The van der Waals surface area contributed by atoms with Crippen LogP contribution in [0.5, 0.6) is 0 Å². The summed E-state index contributed by atoms with van der Waals surface area (Å²) in [7, 11) is 0. The van der Waals surface area contributed by atoms with E-state index < -0.39 is 4.92 Å². The molecule has 98 valence electrons. The smallest absolute Gasteiger partial charge is 0.267 e. The molecule has 1 aromatic heterocycles. The molecule has 0 radical (unpaired) electrons. The van der Waals surface area contributed by atoms with Crippen molar-refractivity contribution in [1.82, 2.24) is 9.78 Å². The first-order valence-corrected chi connectivity index (χ1v) is 5.73. The van der Waals surface area contributed by atoms with E-state index in [1.165, 1.54) is 22.9 Å². The number of aryl methyl sites for hydroxylation is 3. The molecule has 0 atom stereocenters. The molecule has 19 heavy (non-hydrogen) atoms. The first-order valence-electron chi connectivity index (χ1n) is 5.73. The van der Waals surface area contributed by atoms with E-state index in [0.717, 1.165) is 11.4 Å². The summed E-state index contributed by atoms with van der Waals surface area (Å²) in [4.78, 5) is 22.5. The van der Waals surface area contributed by atoms with E-state index in [1.54, 1.807) is 26.8 Å². The van der Waals surface area contributed by atoms with Gasteiger partial charge in [-0.3, -0.25) is 14.9 Å². The zero-order valence-electron chi connectivity index (χ0n) is 10.9. The molecule has 0 amide bonds. The molecule has 0 spiro atoms. The van der Waals surface area contributed by atoms with Crippen LogP contribution in [0.1, 0.15) is 27.3 Å². The molecule has 0 fully saturated rings. The lowest BCUT2D eigenvalue weighted by Crippen LogP contribution is -2.15. The number of carbonyl (C=O) groups is 1. The lowest BCUT2D eigenvalue weighted by atomic mass is 10.1. The van der Waals surface area contributed by atoms with Crippen molar-refractivity contribution in [3.05, 3.63) is 56.9 Å². The minimum Gasteiger partial charge on any atom is -0.267 e. The van der Waals surface area contributed by atoms with Crippen LogP contribution < -0.4 is 0 Å². The fourth-order valence-corrected chi connectivity index (χ4v) is 1.95. The minimum atomic E-state index is -0.465. The van der Waals surface area contributed by atoms with E-state index in [4.69, 9.17) is 0 Å². The Morgan fingerprint density at radius 2 is 1.95 bits per heavy atom. The van der Waals surface area contributed by atoms with E-state index in [-0.39, 0.29) is 11.6 Å². The number of nitro benzene ring substituents is 1. The molecule has 0 saturated carbocycles. The summed E-state index contributed by atoms with van der Waals surface area (Å²) in [5.74, 6) is -0.288. The molecule has 0 aliphatic rings. The van der Waals surface area contributed by atoms with Gasteiger partial charge in [-0.1, -0.05) is 0 Å². The number of rotatable bonds is 2. The molecule has 1 aromatic carbocycles. The van der Waals surface area contributed by atoms with Crippen molar-refractivity contribution in [2.24, 2.45) is 0 Å². The van der Waals surface area contributed by atoms with Crippen LogP contribution in [0.3, 0.4) is 0 Å². The van der Waals surface area contributed by atoms with Crippen molar-refractivity contribution in [2.45, 2.75) is 20.8 Å².